The molecule has 1 aromatic carbocycles. The Morgan fingerprint density at radius 1 is 1.53 bits per heavy atom. The monoisotopic (exact) mass is 219 g/mol. The van der Waals surface area contributed by atoms with Gasteiger partial charge in [0.1, 0.15) is 5.60 Å². The number of rotatable bonds is 1. The van der Waals surface area contributed by atoms with Gasteiger partial charge in [0.25, 0.3) is 0 Å². The Balaban J connectivity index is 2.49. The number of benzene rings is 1. The summed E-state index contributed by atoms with van der Waals surface area (Å²) in [5.74, 6) is 0.956. The molecule has 0 amide bonds. The number of hydrogen-bond donors (Lipinski definition) is 1. The van der Waals surface area contributed by atoms with Crippen LogP contribution in [0.1, 0.15) is 24.5 Å². The highest BCUT2D eigenvalue weighted by atomic mass is 32.2. The van der Waals surface area contributed by atoms with E-state index in [0.29, 0.717) is 5.56 Å². The van der Waals surface area contributed by atoms with Crippen LogP contribution in [0.15, 0.2) is 24.3 Å². The van der Waals surface area contributed by atoms with Gasteiger partial charge in [-0.3, -0.25) is 0 Å². The molecule has 2 nitrogen and oxygen atoms in total. The van der Waals surface area contributed by atoms with E-state index in [2.05, 4.69) is 6.07 Å². The fourth-order valence-corrected chi connectivity index (χ4v) is 3.35. The Hall–Kier alpha value is -0.980. The summed E-state index contributed by atoms with van der Waals surface area (Å²) in [6, 6.07) is 9.49. The van der Waals surface area contributed by atoms with Crippen LogP contribution in [0.5, 0.6) is 0 Å². The lowest BCUT2D eigenvalue weighted by Gasteiger charge is -2.28. The van der Waals surface area contributed by atoms with Crippen molar-refractivity contribution in [1.82, 2.24) is 0 Å². The number of thioether (sulfide) groups is 1. The highest BCUT2D eigenvalue weighted by Gasteiger charge is 2.41. The second-order valence-corrected chi connectivity index (χ2v) is 5.29. The van der Waals surface area contributed by atoms with Crippen LogP contribution in [0.2, 0.25) is 0 Å². The maximum Gasteiger partial charge on any atom is 0.103 e. The molecular formula is C12H13NOS. The number of nitrogens with zero attached hydrogens (tertiary/aromatic N) is 1. The van der Waals surface area contributed by atoms with Crippen molar-refractivity contribution in [1.29, 1.82) is 5.26 Å². The third kappa shape index (κ3) is 1.64. The van der Waals surface area contributed by atoms with E-state index in [1.54, 1.807) is 17.8 Å². The average molecular weight is 219 g/mol. The third-order valence-corrected chi connectivity index (χ3v) is 4.37. The molecule has 0 bridgehead atoms. The molecule has 0 spiro atoms. The summed E-state index contributed by atoms with van der Waals surface area (Å²) in [6.07, 6.45) is 0.734. The minimum Gasteiger partial charge on any atom is -0.384 e. The minimum absolute atomic E-state index is 0.159. The van der Waals surface area contributed by atoms with Crippen LogP contribution in [0.3, 0.4) is 0 Å². The van der Waals surface area contributed by atoms with Gasteiger partial charge in [0.05, 0.1) is 11.6 Å². The van der Waals surface area contributed by atoms with Crippen molar-refractivity contribution in [3.05, 3.63) is 35.4 Å². The van der Waals surface area contributed by atoms with E-state index < -0.39 is 5.60 Å². The lowest BCUT2D eigenvalue weighted by molar-refractivity contribution is 0.0424. The molecule has 0 aromatic heterocycles. The standard InChI is InChI=1S/C12H13NOS/c1-9-12(14,6-7-15-9)11-5-3-2-4-10(11)8-13/h2-5,9,14H,6-7H2,1H3. The molecule has 0 saturated carbocycles. The smallest absolute Gasteiger partial charge is 0.103 e. The topological polar surface area (TPSA) is 44.0 Å². The SMILES string of the molecule is CC1SCCC1(O)c1ccccc1C#N. The van der Waals surface area contributed by atoms with E-state index in [0.717, 1.165) is 17.7 Å². The molecule has 1 aliphatic heterocycles. The summed E-state index contributed by atoms with van der Waals surface area (Å²) >= 11 is 1.76. The van der Waals surface area contributed by atoms with Crippen molar-refractivity contribution in [2.24, 2.45) is 0 Å². The molecule has 3 heteroatoms. The van der Waals surface area contributed by atoms with Gasteiger partial charge in [-0.25, -0.2) is 0 Å². The zero-order chi connectivity index (χ0) is 10.9. The Morgan fingerprint density at radius 3 is 2.87 bits per heavy atom. The third-order valence-electron chi connectivity index (χ3n) is 3.04. The highest BCUT2D eigenvalue weighted by Crippen LogP contribution is 2.43. The molecule has 1 N–H and O–H groups in total. The Kier molecular flexibility index (Phi) is 2.72. The maximum atomic E-state index is 10.6. The van der Waals surface area contributed by atoms with Gasteiger partial charge >= 0.3 is 0 Å². The number of hydrogen-bond acceptors (Lipinski definition) is 3. The normalized spacial score (nSPS) is 30.1. The lowest BCUT2D eigenvalue weighted by atomic mass is 9.86. The van der Waals surface area contributed by atoms with Crippen molar-refractivity contribution in [2.45, 2.75) is 24.2 Å². The van der Waals surface area contributed by atoms with Gasteiger partial charge in [0.15, 0.2) is 0 Å². The first-order chi connectivity index (χ1) is 7.18. The van der Waals surface area contributed by atoms with Gasteiger partial charge < -0.3 is 5.11 Å². The van der Waals surface area contributed by atoms with Gasteiger partial charge in [-0.2, -0.15) is 17.0 Å². The van der Waals surface area contributed by atoms with Crippen LogP contribution in [-0.4, -0.2) is 16.1 Å². The van der Waals surface area contributed by atoms with Crippen molar-refractivity contribution in [3.8, 4) is 6.07 Å². The molecule has 0 radical (unpaired) electrons. The van der Waals surface area contributed by atoms with Crippen molar-refractivity contribution >= 4 is 11.8 Å². The molecule has 1 aliphatic rings. The molecule has 2 atom stereocenters. The first kappa shape index (κ1) is 10.5. The Labute approximate surface area is 93.9 Å². The van der Waals surface area contributed by atoms with Crippen LogP contribution in [-0.2, 0) is 5.60 Å². The number of aliphatic hydroxyl groups is 1. The maximum absolute atomic E-state index is 10.6. The van der Waals surface area contributed by atoms with Crippen LogP contribution < -0.4 is 0 Å². The largest absolute Gasteiger partial charge is 0.384 e. The lowest BCUT2D eigenvalue weighted by Crippen LogP contribution is -2.32. The molecule has 1 heterocycles. The van der Waals surface area contributed by atoms with E-state index in [-0.39, 0.29) is 5.25 Å². The summed E-state index contributed by atoms with van der Waals surface area (Å²) in [5.41, 5.74) is 0.552. The Morgan fingerprint density at radius 2 is 2.27 bits per heavy atom. The average Bonchev–Trinajstić information content (AvgIpc) is 2.60. The minimum atomic E-state index is -0.822. The van der Waals surface area contributed by atoms with E-state index in [4.69, 9.17) is 5.26 Å². The van der Waals surface area contributed by atoms with Gasteiger partial charge in [0.2, 0.25) is 0 Å². The zero-order valence-corrected chi connectivity index (χ0v) is 9.42. The predicted molar refractivity (Wildman–Crippen MR) is 61.6 cm³/mol. The number of nitriles is 1. The van der Waals surface area contributed by atoms with Gasteiger partial charge in [-0.1, -0.05) is 25.1 Å². The fraction of sp³-hybridized carbons (Fsp3) is 0.417. The molecule has 1 fully saturated rings. The summed E-state index contributed by atoms with van der Waals surface area (Å²) in [7, 11) is 0. The molecular weight excluding hydrogens is 206 g/mol. The van der Waals surface area contributed by atoms with Crippen LogP contribution in [0.25, 0.3) is 0 Å². The summed E-state index contributed by atoms with van der Waals surface area (Å²) in [4.78, 5) is 0. The quantitative estimate of drug-likeness (QED) is 0.788. The second kappa shape index (κ2) is 3.88. The van der Waals surface area contributed by atoms with E-state index in [9.17, 15) is 5.11 Å². The van der Waals surface area contributed by atoms with E-state index in [1.807, 2.05) is 25.1 Å². The Bertz CT molecular complexity index is 412. The fourth-order valence-electron chi connectivity index (χ4n) is 2.04. The van der Waals surface area contributed by atoms with Crippen molar-refractivity contribution < 1.29 is 5.11 Å². The molecule has 1 saturated heterocycles. The molecule has 78 valence electrons. The van der Waals surface area contributed by atoms with E-state index in [1.165, 1.54) is 0 Å². The first-order valence-corrected chi connectivity index (χ1v) is 6.07. The van der Waals surface area contributed by atoms with Gasteiger partial charge in [-0.15, -0.1) is 0 Å². The van der Waals surface area contributed by atoms with Crippen LogP contribution in [0, 0.1) is 11.3 Å². The molecule has 1 aromatic rings. The molecule has 15 heavy (non-hydrogen) atoms. The van der Waals surface area contributed by atoms with Crippen molar-refractivity contribution in [3.63, 3.8) is 0 Å². The zero-order valence-electron chi connectivity index (χ0n) is 8.60. The highest BCUT2D eigenvalue weighted by molar-refractivity contribution is 8.00. The molecule has 2 rings (SSSR count). The van der Waals surface area contributed by atoms with E-state index >= 15 is 0 Å². The van der Waals surface area contributed by atoms with Gasteiger partial charge in [0, 0.05) is 10.8 Å². The second-order valence-electron chi connectivity index (χ2n) is 3.84. The first-order valence-electron chi connectivity index (χ1n) is 5.02. The summed E-state index contributed by atoms with van der Waals surface area (Å²) in [6.45, 7) is 2.02. The van der Waals surface area contributed by atoms with Crippen molar-refractivity contribution in [2.75, 3.05) is 5.75 Å². The summed E-state index contributed by atoms with van der Waals surface area (Å²) < 4.78 is 0. The predicted octanol–water partition coefficient (Wildman–Crippen LogP) is 2.27. The summed E-state index contributed by atoms with van der Waals surface area (Å²) in [5, 5.41) is 19.7. The van der Waals surface area contributed by atoms with Gasteiger partial charge in [-0.05, 0) is 18.2 Å². The molecule has 2 unspecified atom stereocenters. The van der Waals surface area contributed by atoms with Crippen LogP contribution >= 0.6 is 11.8 Å². The van der Waals surface area contributed by atoms with Crippen LogP contribution in [0.4, 0.5) is 0 Å². The molecule has 0 aliphatic carbocycles.